The van der Waals surface area contributed by atoms with Crippen molar-refractivity contribution in [3.8, 4) is 0 Å². The van der Waals surface area contributed by atoms with Crippen LogP contribution in [0.1, 0.15) is 52.4 Å². The van der Waals surface area contributed by atoms with Gasteiger partial charge in [-0.15, -0.1) is 0 Å². The van der Waals surface area contributed by atoms with Crippen LogP contribution in [0.3, 0.4) is 0 Å². The van der Waals surface area contributed by atoms with Gasteiger partial charge in [0.2, 0.25) is 0 Å². The molecule has 3 rings (SSSR count). The molecule has 1 heterocycles. The molecule has 4 atom stereocenters. The summed E-state index contributed by atoms with van der Waals surface area (Å²) in [6, 6.07) is 1.29. The van der Waals surface area contributed by atoms with E-state index >= 15 is 0 Å². The summed E-state index contributed by atoms with van der Waals surface area (Å²) < 4.78 is 0. The van der Waals surface area contributed by atoms with Gasteiger partial charge in [-0.05, 0) is 70.3 Å². The van der Waals surface area contributed by atoms with E-state index in [2.05, 4.69) is 17.1 Å². The van der Waals surface area contributed by atoms with Crippen molar-refractivity contribution in [3.05, 3.63) is 0 Å². The van der Waals surface area contributed by atoms with Crippen molar-refractivity contribution in [3.63, 3.8) is 0 Å². The fourth-order valence-electron chi connectivity index (χ4n) is 3.88. The minimum atomic E-state index is -0.170. The second-order valence-corrected chi connectivity index (χ2v) is 7.67. The smallest absolute Gasteiger partial charge is 0.0553 e. The van der Waals surface area contributed by atoms with Crippen LogP contribution in [0.25, 0.3) is 0 Å². The molecule has 1 saturated heterocycles. The zero-order valence-corrected chi connectivity index (χ0v) is 13.2. The van der Waals surface area contributed by atoms with Gasteiger partial charge in [0.15, 0.2) is 0 Å². The van der Waals surface area contributed by atoms with Crippen LogP contribution in [0.2, 0.25) is 0 Å². The standard InChI is InChI=1S/C17H32N2O/c1-12(15-4-3-5-15)19-10-16(13(2)20)8-17(11-19)18-9-14-6-7-14/h12-18,20H,3-11H2,1-2H3. The molecule has 0 radical (unpaired) electrons. The lowest BCUT2D eigenvalue weighted by Gasteiger charge is -2.46. The second-order valence-electron chi connectivity index (χ2n) is 7.67. The van der Waals surface area contributed by atoms with Crippen molar-refractivity contribution in [1.29, 1.82) is 0 Å². The Kier molecular flexibility index (Phi) is 4.68. The maximum Gasteiger partial charge on any atom is 0.0553 e. The van der Waals surface area contributed by atoms with Crippen LogP contribution in [-0.2, 0) is 0 Å². The topological polar surface area (TPSA) is 35.5 Å². The lowest BCUT2D eigenvalue weighted by atomic mass is 9.78. The molecule has 2 N–H and O–H groups in total. The number of rotatable bonds is 6. The minimum Gasteiger partial charge on any atom is -0.393 e. The van der Waals surface area contributed by atoms with E-state index in [-0.39, 0.29) is 6.10 Å². The highest BCUT2D eigenvalue weighted by molar-refractivity contribution is 4.92. The molecule has 0 spiro atoms. The zero-order valence-electron chi connectivity index (χ0n) is 13.2. The van der Waals surface area contributed by atoms with Crippen molar-refractivity contribution in [1.82, 2.24) is 10.2 Å². The Morgan fingerprint density at radius 3 is 2.40 bits per heavy atom. The number of aliphatic hydroxyl groups excluding tert-OH is 1. The van der Waals surface area contributed by atoms with Crippen LogP contribution in [0.15, 0.2) is 0 Å². The quantitative estimate of drug-likeness (QED) is 0.783. The van der Waals surface area contributed by atoms with E-state index in [0.29, 0.717) is 18.0 Å². The van der Waals surface area contributed by atoms with Gasteiger partial charge < -0.3 is 10.4 Å². The third-order valence-corrected chi connectivity index (χ3v) is 5.99. The van der Waals surface area contributed by atoms with Gasteiger partial charge in [-0.1, -0.05) is 6.42 Å². The first-order valence-electron chi connectivity index (χ1n) is 8.79. The largest absolute Gasteiger partial charge is 0.393 e. The van der Waals surface area contributed by atoms with E-state index in [0.717, 1.165) is 24.8 Å². The molecule has 0 aromatic carbocycles. The molecule has 2 aliphatic carbocycles. The Bertz CT molecular complexity index is 312. The first-order valence-corrected chi connectivity index (χ1v) is 8.79. The lowest BCUT2D eigenvalue weighted by molar-refractivity contribution is 0.00851. The average molecular weight is 280 g/mol. The summed E-state index contributed by atoms with van der Waals surface area (Å²) in [4.78, 5) is 2.66. The van der Waals surface area contributed by atoms with Crippen LogP contribution >= 0.6 is 0 Å². The highest BCUT2D eigenvalue weighted by atomic mass is 16.3. The van der Waals surface area contributed by atoms with Crippen LogP contribution in [-0.4, -0.2) is 47.8 Å². The number of aliphatic hydroxyl groups is 1. The number of hydrogen-bond donors (Lipinski definition) is 2. The van der Waals surface area contributed by atoms with E-state index in [9.17, 15) is 5.11 Å². The Balaban J connectivity index is 1.56. The van der Waals surface area contributed by atoms with Gasteiger partial charge in [0.05, 0.1) is 6.10 Å². The molecular formula is C17H32N2O. The molecule has 3 nitrogen and oxygen atoms in total. The zero-order chi connectivity index (χ0) is 14.1. The predicted molar refractivity (Wildman–Crippen MR) is 82.7 cm³/mol. The molecule has 0 bridgehead atoms. The molecule has 0 aromatic heterocycles. The van der Waals surface area contributed by atoms with Gasteiger partial charge in [0.1, 0.15) is 0 Å². The first kappa shape index (κ1) is 14.8. The van der Waals surface area contributed by atoms with E-state index in [1.807, 2.05) is 6.92 Å². The number of hydrogen-bond acceptors (Lipinski definition) is 3. The first-order chi connectivity index (χ1) is 9.63. The highest BCUT2D eigenvalue weighted by Crippen LogP contribution is 2.34. The van der Waals surface area contributed by atoms with Crippen LogP contribution in [0.5, 0.6) is 0 Å². The summed E-state index contributed by atoms with van der Waals surface area (Å²) in [6.45, 7) is 7.86. The number of nitrogens with zero attached hydrogens (tertiary/aromatic N) is 1. The van der Waals surface area contributed by atoms with E-state index < -0.39 is 0 Å². The fraction of sp³-hybridized carbons (Fsp3) is 1.00. The van der Waals surface area contributed by atoms with Gasteiger partial charge in [-0.25, -0.2) is 0 Å². The van der Waals surface area contributed by atoms with Crippen molar-refractivity contribution < 1.29 is 5.11 Å². The Hall–Kier alpha value is -0.120. The number of piperidine rings is 1. The molecule has 3 aliphatic rings. The van der Waals surface area contributed by atoms with E-state index in [4.69, 9.17) is 0 Å². The van der Waals surface area contributed by atoms with Crippen LogP contribution in [0.4, 0.5) is 0 Å². The summed E-state index contributed by atoms with van der Waals surface area (Å²) >= 11 is 0. The molecule has 2 saturated carbocycles. The van der Waals surface area contributed by atoms with Crippen molar-refractivity contribution >= 4 is 0 Å². The van der Waals surface area contributed by atoms with Gasteiger partial charge in [0.25, 0.3) is 0 Å². The maximum atomic E-state index is 10.0. The molecule has 1 aliphatic heterocycles. The van der Waals surface area contributed by atoms with Crippen molar-refractivity contribution in [2.75, 3.05) is 19.6 Å². The molecule has 0 amide bonds. The number of nitrogens with one attached hydrogen (secondary N) is 1. The third kappa shape index (κ3) is 3.55. The highest BCUT2D eigenvalue weighted by Gasteiger charge is 2.36. The summed E-state index contributed by atoms with van der Waals surface area (Å²) in [7, 11) is 0. The SMILES string of the molecule is CC(O)C1CC(NCC2CC2)CN(C(C)C2CCC2)C1. The maximum absolute atomic E-state index is 10.0. The lowest BCUT2D eigenvalue weighted by Crippen LogP contribution is -2.56. The molecule has 3 heteroatoms. The van der Waals surface area contributed by atoms with Gasteiger partial charge in [0, 0.05) is 25.2 Å². The van der Waals surface area contributed by atoms with Gasteiger partial charge in [-0.3, -0.25) is 4.90 Å². The second kappa shape index (κ2) is 6.33. The van der Waals surface area contributed by atoms with Crippen LogP contribution in [0, 0.1) is 17.8 Å². The summed E-state index contributed by atoms with van der Waals surface area (Å²) in [5, 5.41) is 13.8. The Morgan fingerprint density at radius 2 is 1.85 bits per heavy atom. The fourth-order valence-corrected chi connectivity index (χ4v) is 3.88. The summed E-state index contributed by atoms with van der Waals surface area (Å²) in [5.74, 6) is 2.30. The van der Waals surface area contributed by atoms with Crippen molar-refractivity contribution in [2.24, 2.45) is 17.8 Å². The average Bonchev–Trinajstić information content (AvgIpc) is 3.17. The molecule has 3 fully saturated rings. The van der Waals surface area contributed by atoms with Gasteiger partial charge >= 0.3 is 0 Å². The molecule has 4 unspecified atom stereocenters. The summed E-state index contributed by atoms with van der Waals surface area (Å²) in [6.07, 6.45) is 8.07. The molecular weight excluding hydrogens is 248 g/mol. The minimum absolute atomic E-state index is 0.170. The predicted octanol–water partition coefficient (Wildman–Crippen LogP) is 2.25. The normalized spacial score (nSPS) is 35.5. The van der Waals surface area contributed by atoms with E-state index in [1.54, 1.807) is 0 Å². The Labute approximate surface area is 124 Å². The monoisotopic (exact) mass is 280 g/mol. The van der Waals surface area contributed by atoms with Crippen LogP contribution < -0.4 is 5.32 Å². The molecule has 116 valence electrons. The van der Waals surface area contributed by atoms with Crippen molar-refractivity contribution in [2.45, 2.75) is 70.6 Å². The number of likely N-dealkylation sites (tertiary alicyclic amines) is 1. The van der Waals surface area contributed by atoms with E-state index in [1.165, 1.54) is 45.2 Å². The van der Waals surface area contributed by atoms with Gasteiger partial charge in [-0.2, -0.15) is 0 Å². The molecule has 0 aromatic rings. The third-order valence-electron chi connectivity index (χ3n) is 5.99. The summed E-state index contributed by atoms with van der Waals surface area (Å²) in [5.41, 5.74) is 0. The Morgan fingerprint density at radius 1 is 1.10 bits per heavy atom. The molecule has 20 heavy (non-hydrogen) atoms.